The second-order valence-electron chi connectivity index (χ2n) is 5.92. The van der Waals surface area contributed by atoms with Crippen molar-refractivity contribution in [3.63, 3.8) is 0 Å². The van der Waals surface area contributed by atoms with Crippen LogP contribution < -0.4 is 5.32 Å². The van der Waals surface area contributed by atoms with Crippen LogP contribution in [0.3, 0.4) is 0 Å². The molecule has 0 aromatic carbocycles. The largest absolute Gasteiger partial charge is 0.361 e. The van der Waals surface area contributed by atoms with Gasteiger partial charge >= 0.3 is 0 Å². The van der Waals surface area contributed by atoms with E-state index in [4.69, 9.17) is 4.52 Å². The first-order valence-corrected chi connectivity index (χ1v) is 8.48. The predicted molar refractivity (Wildman–Crippen MR) is 89.1 cm³/mol. The zero-order valence-electron chi connectivity index (χ0n) is 14.7. The summed E-state index contributed by atoms with van der Waals surface area (Å²) >= 11 is 0. The number of aromatic nitrogens is 1. The van der Waals surface area contributed by atoms with E-state index in [1.165, 1.54) is 12.8 Å². The number of rotatable bonds is 10. The lowest BCUT2D eigenvalue weighted by molar-refractivity contribution is 0.0814. The second kappa shape index (κ2) is 8.93. The van der Waals surface area contributed by atoms with Gasteiger partial charge in [-0.2, -0.15) is 0 Å². The first-order valence-electron chi connectivity index (χ1n) is 8.48. The molecule has 0 atom stereocenters. The molecule has 0 aliphatic rings. The average molecular weight is 309 g/mol. The second-order valence-corrected chi connectivity index (χ2v) is 5.92. The summed E-state index contributed by atoms with van der Waals surface area (Å²) in [5.74, 6) is 0.584. The Morgan fingerprint density at radius 3 is 2.50 bits per heavy atom. The van der Waals surface area contributed by atoms with E-state index in [0.717, 1.165) is 31.6 Å². The summed E-state index contributed by atoms with van der Waals surface area (Å²) < 4.78 is 5.10. The Hall–Kier alpha value is -1.36. The number of hydrogen-bond donors (Lipinski definition) is 1. The lowest BCUT2D eigenvalue weighted by Crippen LogP contribution is -2.53. The van der Waals surface area contributed by atoms with Crippen LogP contribution in [0.15, 0.2) is 10.6 Å². The summed E-state index contributed by atoms with van der Waals surface area (Å²) in [5, 5.41) is 6.87. The van der Waals surface area contributed by atoms with Gasteiger partial charge in [0.05, 0.1) is 0 Å². The molecule has 1 aromatic rings. The van der Waals surface area contributed by atoms with Gasteiger partial charge in [0.15, 0.2) is 5.69 Å². The highest BCUT2D eigenvalue weighted by molar-refractivity contribution is 5.92. The van der Waals surface area contributed by atoms with Gasteiger partial charge in [-0.25, -0.2) is 0 Å². The SMILES string of the molecule is CCCCN(C)C(CC)(CC)CNC(=O)c1cc(CC)on1. The molecule has 1 heterocycles. The molecular formula is C17H31N3O2. The summed E-state index contributed by atoms with van der Waals surface area (Å²) in [5.41, 5.74) is 0.372. The summed E-state index contributed by atoms with van der Waals surface area (Å²) in [6.07, 6.45) is 5.11. The summed E-state index contributed by atoms with van der Waals surface area (Å²) in [7, 11) is 2.15. The molecule has 0 radical (unpaired) electrons. The summed E-state index contributed by atoms with van der Waals surface area (Å²) in [6.45, 7) is 10.2. The molecule has 0 fully saturated rings. The van der Waals surface area contributed by atoms with Gasteiger partial charge in [0, 0.05) is 24.6 Å². The molecule has 22 heavy (non-hydrogen) atoms. The van der Waals surface area contributed by atoms with Crippen LogP contribution in [0.2, 0.25) is 0 Å². The monoisotopic (exact) mass is 309 g/mol. The molecule has 1 aromatic heterocycles. The Balaban J connectivity index is 2.68. The molecule has 0 aliphatic heterocycles. The molecule has 1 rings (SSSR count). The minimum Gasteiger partial charge on any atom is -0.361 e. The smallest absolute Gasteiger partial charge is 0.273 e. The van der Waals surface area contributed by atoms with Gasteiger partial charge in [-0.15, -0.1) is 0 Å². The lowest BCUT2D eigenvalue weighted by atomic mass is 9.90. The van der Waals surface area contributed by atoms with Crippen molar-refractivity contribution in [3.05, 3.63) is 17.5 Å². The molecule has 126 valence electrons. The zero-order chi connectivity index (χ0) is 16.6. The first-order chi connectivity index (χ1) is 10.5. The van der Waals surface area contributed by atoms with E-state index in [-0.39, 0.29) is 11.4 Å². The van der Waals surface area contributed by atoms with E-state index in [9.17, 15) is 4.79 Å². The lowest BCUT2D eigenvalue weighted by Gasteiger charge is -2.41. The third-order valence-corrected chi connectivity index (χ3v) is 4.69. The van der Waals surface area contributed by atoms with Crippen LogP contribution in [0.5, 0.6) is 0 Å². The summed E-state index contributed by atoms with van der Waals surface area (Å²) in [6, 6.07) is 1.72. The van der Waals surface area contributed by atoms with Crippen molar-refractivity contribution in [2.75, 3.05) is 20.1 Å². The van der Waals surface area contributed by atoms with Crippen molar-refractivity contribution in [2.45, 2.75) is 65.3 Å². The number of aryl methyl sites for hydroxylation is 1. The van der Waals surface area contributed by atoms with E-state index < -0.39 is 0 Å². The average Bonchev–Trinajstić information content (AvgIpc) is 3.03. The molecule has 5 nitrogen and oxygen atoms in total. The molecule has 0 saturated carbocycles. The van der Waals surface area contributed by atoms with E-state index in [1.54, 1.807) is 6.07 Å². The Kier molecular flexibility index (Phi) is 7.59. The Morgan fingerprint density at radius 2 is 2.00 bits per heavy atom. The number of carbonyl (C=O) groups excluding carboxylic acids is 1. The first kappa shape index (κ1) is 18.7. The molecule has 0 spiro atoms. The van der Waals surface area contributed by atoms with Gasteiger partial charge in [0.1, 0.15) is 5.76 Å². The van der Waals surface area contributed by atoms with Crippen LogP contribution in [0.25, 0.3) is 0 Å². The fraction of sp³-hybridized carbons (Fsp3) is 0.765. The van der Waals surface area contributed by atoms with Crippen molar-refractivity contribution >= 4 is 5.91 Å². The van der Waals surface area contributed by atoms with E-state index in [0.29, 0.717) is 12.2 Å². The molecule has 0 unspecified atom stereocenters. The number of hydrogen-bond acceptors (Lipinski definition) is 4. The van der Waals surface area contributed by atoms with Crippen LogP contribution in [0, 0.1) is 0 Å². The third kappa shape index (κ3) is 4.57. The number of carbonyl (C=O) groups is 1. The Bertz CT molecular complexity index is 453. The van der Waals surface area contributed by atoms with Crippen LogP contribution in [-0.4, -0.2) is 41.6 Å². The maximum Gasteiger partial charge on any atom is 0.273 e. The number of nitrogens with one attached hydrogen (secondary N) is 1. The van der Waals surface area contributed by atoms with Gasteiger partial charge in [-0.1, -0.05) is 39.3 Å². The van der Waals surface area contributed by atoms with Crippen molar-refractivity contribution in [3.8, 4) is 0 Å². The van der Waals surface area contributed by atoms with Crippen molar-refractivity contribution < 1.29 is 9.32 Å². The minimum absolute atomic E-state index is 0.00213. The number of unbranched alkanes of at least 4 members (excludes halogenated alkanes) is 1. The van der Waals surface area contributed by atoms with Gasteiger partial charge < -0.3 is 9.84 Å². The number of amides is 1. The topological polar surface area (TPSA) is 58.4 Å². The Morgan fingerprint density at radius 1 is 1.32 bits per heavy atom. The highest BCUT2D eigenvalue weighted by Gasteiger charge is 2.31. The number of nitrogens with zero attached hydrogens (tertiary/aromatic N) is 2. The van der Waals surface area contributed by atoms with E-state index in [2.05, 4.69) is 43.2 Å². The van der Waals surface area contributed by atoms with Crippen LogP contribution in [-0.2, 0) is 6.42 Å². The van der Waals surface area contributed by atoms with Crippen molar-refractivity contribution in [1.29, 1.82) is 0 Å². The van der Waals surface area contributed by atoms with E-state index >= 15 is 0 Å². The van der Waals surface area contributed by atoms with Gasteiger partial charge in [-0.3, -0.25) is 9.69 Å². The zero-order valence-corrected chi connectivity index (χ0v) is 14.7. The molecule has 0 saturated heterocycles. The van der Waals surface area contributed by atoms with Gasteiger partial charge in [0.2, 0.25) is 0 Å². The fourth-order valence-electron chi connectivity index (χ4n) is 2.73. The normalized spacial score (nSPS) is 11.9. The highest BCUT2D eigenvalue weighted by atomic mass is 16.5. The standard InChI is InChI=1S/C17H31N3O2/c1-6-10-11-20(5)17(8-3,9-4)13-18-16(21)15-12-14(7-2)22-19-15/h12H,6-11,13H2,1-5H3,(H,18,21). The minimum atomic E-state index is -0.154. The third-order valence-electron chi connectivity index (χ3n) is 4.69. The van der Waals surface area contributed by atoms with E-state index in [1.807, 2.05) is 6.92 Å². The van der Waals surface area contributed by atoms with Crippen LogP contribution >= 0.6 is 0 Å². The van der Waals surface area contributed by atoms with Gasteiger partial charge in [-0.05, 0) is 32.9 Å². The van der Waals surface area contributed by atoms with Crippen LogP contribution in [0.4, 0.5) is 0 Å². The maximum absolute atomic E-state index is 12.2. The highest BCUT2D eigenvalue weighted by Crippen LogP contribution is 2.22. The predicted octanol–water partition coefficient (Wildman–Crippen LogP) is 3.26. The maximum atomic E-state index is 12.2. The van der Waals surface area contributed by atoms with Crippen molar-refractivity contribution in [2.24, 2.45) is 0 Å². The quantitative estimate of drug-likeness (QED) is 0.721. The molecule has 5 heteroatoms. The van der Waals surface area contributed by atoms with Gasteiger partial charge in [0.25, 0.3) is 5.91 Å². The number of likely N-dealkylation sites (N-methyl/N-ethyl adjacent to an activating group) is 1. The molecule has 0 aliphatic carbocycles. The molecule has 1 amide bonds. The molecule has 1 N–H and O–H groups in total. The molecule has 0 bridgehead atoms. The van der Waals surface area contributed by atoms with Crippen LogP contribution in [0.1, 0.15) is 69.6 Å². The molecular weight excluding hydrogens is 278 g/mol. The summed E-state index contributed by atoms with van der Waals surface area (Å²) in [4.78, 5) is 14.6. The van der Waals surface area contributed by atoms with Crippen molar-refractivity contribution in [1.82, 2.24) is 15.4 Å². The fourth-order valence-corrected chi connectivity index (χ4v) is 2.73. The Labute approximate surface area is 134 Å².